The third-order valence-corrected chi connectivity index (χ3v) is 8.09. The van der Waals surface area contributed by atoms with E-state index in [2.05, 4.69) is 82.6 Å². The van der Waals surface area contributed by atoms with Gasteiger partial charge in [0, 0.05) is 47.1 Å². The molecular formula is C35H35N5O. The predicted molar refractivity (Wildman–Crippen MR) is 169 cm³/mol. The van der Waals surface area contributed by atoms with Gasteiger partial charge in [-0.2, -0.15) is 0 Å². The van der Waals surface area contributed by atoms with E-state index in [1.807, 2.05) is 31.4 Å². The molecular weight excluding hydrogens is 506 g/mol. The first-order chi connectivity index (χ1) is 20.0. The molecule has 2 aromatic heterocycles. The number of hydrogen-bond donors (Lipinski definition) is 3. The van der Waals surface area contributed by atoms with E-state index in [0.29, 0.717) is 0 Å². The van der Waals surface area contributed by atoms with Crippen LogP contribution in [0.1, 0.15) is 49.1 Å². The average molecular weight is 542 g/mol. The highest BCUT2D eigenvalue weighted by Crippen LogP contribution is 2.35. The van der Waals surface area contributed by atoms with Crippen LogP contribution in [0.3, 0.4) is 0 Å². The molecule has 206 valence electrons. The highest BCUT2D eigenvalue weighted by Gasteiger charge is 2.21. The predicted octanol–water partition coefficient (Wildman–Crippen LogP) is 8.22. The van der Waals surface area contributed by atoms with Crippen LogP contribution in [0.2, 0.25) is 0 Å². The molecule has 6 heteroatoms. The van der Waals surface area contributed by atoms with Gasteiger partial charge in [-0.15, -0.1) is 0 Å². The number of fused-ring (bicyclic) bond motifs is 1. The number of H-pyrrole nitrogens is 1. The lowest BCUT2D eigenvalue weighted by atomic mass is 9.88. The minimum Gasteiger partial charge on any atom is -0.388 e. The number of pyridine rings is 1. The van der Waals surface area contributed by atoms with Crippen LogP contribution < -0.4 is 10.6 Å². The number of nitrogens with zero attached hydrogens (tertiary/aromatic N) is 2. The molecule has 1 amide bonds. The molecule has 2 heterocycles. The number of para-hydroxylation sites is 1. The number of carbonyl (C=O) groups is 1. The minimum atomic E-state index is 0.0903. The first-order valence-electron chi connectivity index (χ1n) is 14.3. The van der Waals surface area contributed by atoms with Crippen molar-refractivity contribution in [1.29, 1.82) is 0 Å². The monoisotopic (exact) mass is 541 g/mol. The van der Waals surface area contributed by atoms with Crippen molar-refractivity contribution >= 4 is 33.9 Å². The summed E-state index contributed by atoms with van der Waals surface area (Å²) < 4.78 is 0. The summed E-state index contributed by atoms with van der Waals surface area (Å²) in [5.74, 6) is 0.908. The van der Waals surface area contributed by atoms with Crippen molar-refractivity contribution in [2.75, 3.05) is 17.7 Å². The Morgan fingerprint density at radius 3 is 2.49 bits per heavy atom. The van der Waals surface area contributed by atoms with Gasteiger partial charge in [0.05, 0.1) is 22.9 Å². The lowest BCUT2D eigenvalue weighted by Gasteiger charge is -2.20. The molecule has 1 aliphatic rings. The lowest BCUT2D eigenvalue weighted by molar-refractivity contribution is -0.120. The van der Waals surface area contributed by atoms with Crippen molar-refractivity contribution in [2.24, 2.45) is 5.92 Å². The molecule has 0 saturated heterocycles. The number of nitrogens with one attached hydrogen (secondary N) is 3. The Morgan fingerprint density at radius 1 is 0.927 bits per heavy atom. The molecule has 0 aliphatic heterocycles. The van der Waals surface area contributed by atoms with Crippen LogP contribution >= 0.6 is 0 Å². The summed E-state index contributed by atoms with van der Waals surface area (Å²) in [6.07, 6.45) is 8.93. The van der Waals surface area contributed by atoms with E-state index < -0.39 is 0 Å². The Hall–Kier alpha value is -4.71. The van der Waals surface area contributed by atoms with Gasteiger partial charge in [-0.1, -0.05) is 73.9 Å². The number of benzene rings is 3. The van der Waals surface area contributed by atoms with Crippen molar-refractivity contribution in [1.82, 2.24) is 15.0 Å². The van der Waals surface area contributed by atoms with Crippen LogP contribution in [0, 0.1) is 12.8 Å². The van der Waals surface area contributed by atoms with Crippen molar-refractivity contribution < 1.29 is 4.79 Å². The number of amides is 1. The van der Waals surface area contributed by atoms with Gasteiger partial charge in [-0.05, 0) is 55.2 Å². The zero-order valence-electron chi connectivity index (χ0n) is 23.6. The highest BCUT2D eigenvalue weighted by molar-refractivity contribution is 5.96. The van der Waals surface area contributed by atoms with Crippen LogP contribution in [0.15, 0.2) is 85.7 Å². The number of hydrogen-bond acceptors (Lipinski definition) is 4. The summed E-state index contributed by atoms with van der Waals surface area (Å²) in [5, 5.41) is 6.40. The molecule has 0 unspecified atom stereocenters. The van der Waals surface area contributed by atoms with Gasteiger partial charge in [0.2, 0.25) is 5.91 Å². The first-order valence-corrected chi connectivity index (χ1v) is 14.3. The number of rotatable bonds is 7. The fourth-order valence-electron chi connectivity index (χ4n) is 5.74. The molecule has 1 saturated carbocycles. The zero-order chi connectivity index (χ0) is 28.3. The van der Waals surface area contributed by atoms with Gasteiger partial charge in [0.1, 0.15) is 5.82 Å². The third-order valence-electron chi connectivity index (χ3n) is 8.09. The normalized spacial score (nSPS) is 13.7. The summed E-state index contributed by atoms with van der Waals surface area (Å²) in [4.78, 5) is 25.8. The molecule has 0 radical (unpaired) electrons. The van der Waals surface area contributed by atoms with E-state index in [-0.39, 0.29) is 11.8 Å². The lowest BCUT2D eigenvalue weighted by Crippen LogP contribution is -2.24. The van der Waals surface area contributed by atoms with Gasteiger partial charge < -0.3 is 15.6 Å². The highest BCUT2D eigenvalue weighted by atomic mass is 16.1. The summed E-state index contributed by atoms with van der Waals surface area (Å²) in [7, 11) is 1.91. The molecule has 0 bridgehead atoms. The summed E-state index contributed by atoms with van der Waals surface area (Å²) in [5.41, 5.74) is 10.6. The molecule has 5 aromatic rings. The van der Waals surface area contributed by atoms with Crippen LogP contribution in [0.25, 0.3) is 38.9 Å². The molecule has 1 fully saturated rings. The van der Waals surface area contributed by atoms with E-state index in [4.69, 9.17) is 4.98 Å². The van der Waals surface area contributed by atoms with Crippen molar-refractivity contribution in [3.8, 4) is 22.3 Å². The Kier molecular flexibility index (Phi) is 7.38. The minimum absolute atomic E-state index is 0.0903. The Morgan fingerprint density at radius 2 is 1.71 bits per heavy atom. The number of carbonyl (C=O) groups excluding carboxylic acids is 1. The topological polar surface area (TPSA) is 82.7 Å². The van der Waals surface area contributed by atoms with E-state index in [0.717, 1.165) is 87.3 Å². The van der Waals surface area contributed by atoms with Crippen molar-refractivity contribution in [3.63, 3.8) is 0 Å². The van der Waals surface area contributed by atoms with E-state index >= 15 is 0 Å². The number of aryl methyl sites for hydroxylation is 1. The van der Waals surface area contributed by atoms with E-state index in [9.17, 15) is 4.79 Å². The SMILES string of the molecule is C=C(c1nc2c(-c3ccc(C)cc3)cccc2[nH]1)c1cc(-c2cncc(NC(=O)C3CCCCC3)c2)ccc1NC. The largest absolute Gasteiger partial charge is 0.388 e. The fraction of sp³-hybridized carbons (Fsp3) is 0.229. The molecule has 3 N–H and O–H groups in total. The Labute approximate surface area is 241 Å². The number of anilines is 2. The van der Waals surface area contributed by atoms with Crippen LogP contribution in [-0.2, 0) is 4.79 Å². The van der Waals surface area contributed by atoms with Gasteiger partial charge in [-0.25, -0.2) is 4.98 Å². The molecule has 3 aromatic carbocycles. The van der Waals surface area contributed by atoms with E-state index in [1.165, 1.54) is 12.0 Å². The maximum absolute atomic E-state index is 12.8. The second-order valence-electron chi connectivity index (χ2n) is 10.9. The van der Waals surface area contributed by atoms with Gasteiger partial charge >= 0.3 is 0 Å². The molecule has 41 heavy (non-hydrogen) atoms. The van der Waals surface area contributed by atoms with Crippen LogP contribution in [-0.4, -0.2) is 27.9 Å². The Bertz CT molecular complexity index is 1730. The maximum atomic E-state index is 12.8. The quantitative estimate of drug-likeness (QED) is 0.194. The van der Waals surface area contributed by atoms with E-state index in [1.54, 1.807) is 6.20 Å². The van der Waals surface area contributed by atoms with Crippen LogP contribution in [0.4, 0.5) is 11.4 Å². The van der Waals surface area contributed by atoms with Crippen molar-refractivity contribution in [2.45, 2.75) is 39.0 Å². The summed E-state index contributed by atoms with van der Waals surface area (Å²) >= 11 is 0. The molecule has 6 nitrogen and oxygen atoms in total. The number of aromatic nitrogens is 3. The van der Waals surface area contributed by atoms with Gasteiger partial charge in [-0.3, -0.25) is 9.78 Å². The average Bonchev–Trinajstić information content (AvgIpc) is 3.46. The number of aromatic amines is 1. The maximum Gasteiger partial charge on any atom is 0.227 e. The van der Waals surface area contributed by atoms with Gasteiger partial charge in [0.15, 0.2) is 0 Å². The fourth-order valence-corrected chi connectivity index (χ4v) is 5.74. The number of imidazole rings is 1. The first kappa shape index (κ1) is 26.5. The third kappa shape index (κ3) is 5.50. The second-order valence-corrected chi connectivity index (χ2v) is 10.9. The van der Waals surface area contributed by atoms with Crippen molar-refractivity contribution in [3.05, 3.63) is 103 Å². The summed E-state index contributed by atoms with van der Waals surface area (Å²) in [6.45, 7) is 6.54. The van der Waals surface area contributed by atoms with Crippen LogP contribution in [0.5, 0.6) is 0 Å². The Balaban J connectivity index is 1.31. The zero-order valence-corrected chi connectivity index (χ0v) is 23.6. The second kappa shape index (κ2) is 11.4. The molecule has 6 rings (SSSR count). The van der Waals surface area contributed by atoms with Gasteiger partial charge in [0.25, 0.3) is 0 Å². The molecule has 1 aliphatic carbocycles. The molecule has 0 spiro atoms. The molecule has 0 atom stereocenters. The smallest absolute Gasteiger partial charge is 0.227 e. The standard InChI is InChI=1S/C35H35N5O/c1-22-12-14-24(15-13-22)29-10-7-11-32-33(29)40-34(39-32)23(2)30-19-26(16-17-31(30)36-3)27-18-28(21-37-20-27)38-35(41)25-8-5-4-6-9-25/h7,10-21,25,36H,2,4-6,8-9H2,1,3H3,(H,38,41)(H,39,40). The summed E-state index contributed by atoms with van der Waals surface area (Å²) in [6, 6.07) is 22.9.